The number of hydrogen-bond acceptors (Lipinski definition) is 5. The largest absolute Gasteiger partial charge is 0.355 e. The molecule has 1 heterocycles. The standard InChI is InChI=1S/C25H24N4O2S/c1-17-16-27-23-6-4-3-5-22(23)25(17)29-20-9-7-18(8-10-20)15-24(30)28-19-11-13-21(14-12-19)32(2,26)31/h3-14,16,26H,15H2,1-2H3,(H,27,29)(H,28,30). The van der Waals surface area contributed by atoms with Crippen molar-refractivity contribution < 1.29 is 9.00 Å². The SMILES string of the molecule is Cc1cnc2ccccc2c1Nc1ccc(CC(=O)Nc2ccc(S(C)(=N)=O)cc2)cc1. The normalized spacial score (nSPS) is 12.8. The first-order valence-electron chi connectivity index (χ1n) is 10.1. The molecule has 6 nitrogen and oxygen atoms in total. The van der Waals surface area contributed by atoms with Crippen LogP contribution in [-0.2, 0) is 20.9 Å². The van der Waals surface area contributed by atoms with Crippen LogP contribution in [-0.4, -0.2) is 21.4 Å². The van der Waals surface area contributed by atoms with Crippen LogP contribution in [0.15, 0.2) is 83.9 Å². The van der Waals surface area contributed by atoms with E-state index in [1.807, 2.05) is 61.7 Å². The van der Waals surface area contributed by atoms with Gasteiger partial charge in [-0.25, -0.2) is 8.99 Å². The van der Waals surface area contributed by atoms with Gasteiger partial charge >= 0.3 is 0 Å². The number of nitrogens with one attached hydrogen (secondary N) is 3. The predicted octanol–water partition coefficient (Wildman–Crippen LogP) is 5.50. The fourth-order valence-corrected chi connectivity index (χ4v) is 4.10. The van der Waals surface area contributed by atoms with E-state index < -0.39 is 9.73 Å². The molecule has 1 atom stereocenters. The zero-order valence-electron chi connectivity index (χ0n) is 17.9. The minimum atomic E-state index is -2.76. The maximum Gasteiger partial charge on any atom is 0.228 e. The summed E-state index contributed by atoms with van der Waals surface area (Å²) in [6.45, 7) is 2.02. The van der Waals surface area contributed by atoms with Crippen molar-refractivity contribution in [3.8, 4) is 0 Å². The van der Waals surface area contributed by atoms with Crippen LogP contribution < -0.4 is 10.6 Å². The Bertz CT molecular complexity index is 1380. The van der Waals surface area contributed by atoms with E-state index in [1.54, 1.807) is 24.3 Å². The molecule has 1 aromatic heterocycles. The Kier molecular flexibility index (Phi) is 5.92. The number of aryl methyl sites for hydroxylation is 1. The fraction of sp³-hybridized carbons (Fsp3) is 0.120. The van der Waals surface area contributed by atoms with E-state index in [2.05, 4.69) is 15.6 Å². The molecule has 4 aromatic rings. The highest BCUT2D eigenvalue weighted by molar-refractivity contribution is 7.91. The Morgan fingerprint density at radius 1 is 0.969 bits per heavy atom. The van der Waals surface area contributed by atoms with Crippen molar-refractivity contribution in [2.24, 2.45) is 0 Å². The Hall–Kier alpha value is -3.71. The van der Waals surface area contributed by atoms with Gasteiger partial charge in [0.1, 0.15) is 0 Å². The van der Waals surface area contributed by atoms with Gasteiger partial charge in [-0.05, 0) is 60.5 Å². The summed E-state index contributed by atoms with van der Waals surface area (Å²) in [5.41, 5.74) is 5.45. The molecule has 0 bridgehead atoms. The van der Waals surface area contributed by atoms with E-state index in [1.165, 1.54) is 6.26 Å². The summed E-state index contributed by atoms with van der Waals surface area (Å²) in [6.07, 6.45) is 3.47. The van der Waals surface area contributed by atoms with Gasteiger partial charge in [0, 0.05) is 34.1 Å². The number of aromatic nitrogens is 1. The highest BCUT2D eigenvalue weighted by Gasteiger charge is 2.08. The number of anilines is 3. The molecule has 7 heteroatoms. The lowest BCUT2D eigenvalue weighted by Gasteiger charge is -2.13. The lowest BCUT2D eigenvalue weighted by molar-refractivity contribution is -0.115. The minimum absolute atomic E-state index is 0.141. The predicted molar refractivity (Wildman–Crippen MR) is 130 cm³/mol. The maximum absolute atomic E-state index is 12.4. The number of carbonyl (C=O) groups excluding carboxylic acids is 1. The summed E-state index contributed by atoms with van der Waals surface area (Å²) < 4.78 is 19.4. The van der Waals surface area contributed by atoms with Gasteiger partial charge in [0.25, 0.3) is 0 Å². The lowest BCUT2D eigenvalue weighted by atomic mass is 10.1. The molecule has 4 rings (SSSR count). The Morgan fingerprint density at radius 2 is 1.62 bits per heavy atom. The molecule has 0 aliphatic rings. The molecule has 162 valence electrons. The van der Waals surface area contributed by atoms with Gasteiger partial charge in [0.2, 0.25) is 5.91 Å². The molecular formula is C25H24N4O2S. The van der Waals surface area contributed by atoms with Crippen molar-refractivity contribution >= 4 is 43.6 Å². The van der Waals surface area contributed by atoms with E-state index in [0.717, 1.165) is 33.4 Å². The van der Waals surface area contributed by atoms with Crippen LogP contribution in [0.2, 0.25) is 0 Å². The van der Waals surface area contributed by atoms with Crippen LogP contribution in [0.3, 0.4) is 0 Å². The third-order valence-electron chi connectivity index (χ3n) is 5.14. The molecule has 0 spiro atoms. The summed E-state index contributed by atoms with van der Waals surface area (Å²) in [5.74, 6) is -0.141. The summed E-state index contributed by atoms with van der Waals surface area (Å²) in [6, 6.07) is 22.3. The van der Waals surface area contributed by atoms with Crippen molar-refractivity contribution in [2.75, 3.05) is 16.9 Å². The topological polar surface area (TPSA) is 94.9 Å². The van der Waals surface area contributed by atoms with Gasteiger partial charge in [-0.15, -0.1) is 0 Å². The highest BCUT2D eigenvalue weighted by Crippen LogP contribution is 2.28. The van der Waals surface area contributed by atoms with Gasteiger partial charge in [-0.3, -0.25) is 9.78 Å². The number of benzene rings is 3. The second kappa shape index (κ2) is 8.80. The third-order valence-corrected chi connectivity index (χ3v) is 6.31. The van der Waals surface area contributed by atoms with Crippen LogP contribution in [0.1, 0.15) is 11.1 Å². The minimum Gasteiger partial charge on any atom is -0.355 e. The number of nitrogens with zero attached hydrogens (tertiary/aromatic N) is 1. The molecule has 0 fully saturated rings. The smallest absolute Gasteiger partial charge is 0.228 e. The molecule has 1 amide bonds. The van der Waals surface area contributed by atoms with Crippen molar-refractivity contribution in [2.45, 2.75) is 18.2 Å². The number of hydrogen-bond donors (Lipinski definition) is 3. The average molecular weight is 445 g/mol. The molecule has 0 aliphatic heterocycles. The van der Waals surface area contributed by atoms with Gasteiger partial charge in [-0.2, -0.15) is 0 Å². The molecule has 0 saturated heterocycles. The van der Waals surface area contributed by atoms with Gasteiger partial charge in [-0.1, -0.05) is 30.3 Å². The zero-order valence-corrected chi connectivity index (χ0v) is 18.7. The number of pyridine rings is 1. The Morgan fingerprint density at radius 3 is 2.31 bits per heavy atom. The second-order valence-electron chi connectivity index (χ2n) is 7.75. The second-order valence-corrected chi connectivity index (χ2v) is 9.91. The molecule has 1 unspecified atom stereocenters. The van der Waals surface area contributed by atoms with Crippen molar-refractivity contribution in [3.63, 3.8) is 0 Å². The van der Waals surface area contributed by atoms with Crippen molar-refractivity contribution in [3.05, 3.63) is 90.1 Å². The molecule has 0 aliphatic carbocycles. The monoisotopic (exact) mass is 444 g/mol. The fourth-order valence-electron chi connectivity index (χ4n) is 3.45. The number of fused-ring (bicyclic) bond motifs is 1. The van der Waals surface area contributed by atoms with Gasteiger partial charge in [0.05, 0.1) is 27.4 Å². The first-order chi connectivity index (χ1) is 15.3. The molecule has 3 aromatic carbocycles. The van der Waals surface area contributed by atoms with E-state index in [-0.39, 0.29) is 12.3 Å². The molecule has 3 N–H and O–H groups in total. The van der Waals surface area contributed by atoms with Crippen LogP contribution >= 0.6 is 0 Å². The Labute approximate surface area is 187 Å². The number of amides is 1. The first-order valence-corrected chi connectivity index (χ1v) is 12.1. The quantitative estimate of drug-likeness (QED) is 0.366. The third kappa shape index (κ3) is 4.95. The lowest BCUT2D eigenvalue weighted by Crippen LogP contribution is -2.14. The number of rotatable bonds is 6. The highest BCUT2D eigenvalue weighted by atomic mass is 32.2. The summed E-state index contributed by atoms with van der Waals surface area (Å²) in [7, 11) is -2.76. The number of para-hydroxylation sites is 1. The molecular weight excluding hydrogens is 420 g/mol. The van der Waals surface area contributed by atoms with Crippen molar-refractivity contribution in [1.82, 2.24) is 4.98 Å². The number of carbonyl (C=O) groups is 1. The van der Waals surface area contributed by atoms with Gasteiger partial charge in [0.15, 0.2) is 0 Å². The summed E-state index contributed by atoms with van der Waals surface area (Å²) in [5, 5.41) is 7.37. The van der Waals surface area contributed by atoms with Crippen LogP contribution in [0, 0.1) is 11.7 Å². The van der Waals surface area contributed by atoms with Crippen LogP contribution in [0.25, 0.3) is 10.9 Å². The molecule has 0 saturated carbocycles. The van der Waals surface area contributed by atoms with Crippen molar-refractivity contribution in [1.29, 1.82) is 4.78 Å². The van der Waals surface area contributed by atoms with Gasteiger partial charge < -0.3 is 10.6 Å². The maximum atomic E-state index is 12.4. The van der Waals surface area contributed by atoms with E-state index in [0.29, 0.717) is 10.6 Å². The average Bonchev–Trinajstić information content (AvgIpc) is 2.77. The molecule has 32 heavy (non-hydrogen) atoms. The zero-order chi connectivity index (χ0) is 22.7. The molecule has 0 radical (unpaired) electrons. The van der Waals surface area contributed by atoms with Crippen LogP contribution in [0.4, 0.5) is 17.1 Å². The summed E-state index contributed by atoms with van der Waals surface area (Å²) in [4.78, 5) is 17.3. The Balaban J connectivity index is 1.42. The van der Waals surface area contributed by atoms with E-state index >= 15 is 0 Å². The van der Waals surface area contributed by atoms with Crippen LogP contribution in [0.5, 0.6) is 0 Å². The first kappa shape index (κ1) is 21.5. The van der Waals surface area contributed by atoms with E-state index in [4.69, 9.17) is 4.78 Å². The van der Waals surface area contributed by atoms with E-state index in [9.17, 15) is 9.00 Å². The summed E-state index contributed by atoms with van der Waals surface area (Å²) >= 11 is 0.